The number of nitrogens with zero attached hydrogens (tertiary/aromatic N) is 3. The number of rotatable bonds is 1. The van der Waals surface area contributed by atoms with E-state index in [0.717, 1.165) is 16.6 Å². The summed E-state index contributed by atoms with van der Waals surface area (Å²) >= 11 is 0. The van der Waals surface area contributed by atoms with Crippen LogP contribution in [-0.2, 0) is 0 Å². The number of hydrogen-bond donors (Lipinski definition) is 1. The number of benzene rings is 1. The van der Waals surface area contributed by atoms with Crippen molar-refractivity contribution in [2.45, 2.75) is 13.8 Å². The third-order valence-electron chi connectivity index (χ3n) is 2.12. The van der Waals surface area contributed by atoms with Crippen LogP contribution in [0.5, 0.6) is 0 Å². The van der Waals surface area contributed by atoms with Crippen molar-refractivity contribution in [1.29, 1.82) is 0 Å². The largest absolute Gasteiger partial charge is 0.356 e. The molecule has 0 radical (unpaired) electrons. The van der Waals surface area contributed by atoms with E-state index < -0.39 is 0 Å². The van der Waals surface area contributed by atoms with Crippen LogP contribution >= 0.6 is 0 Å². The summed E-state index contributed by atoms with van der Waals surface area (Å²) < 4.78 is 0. The molecule has 0 aliphatic rings. The van der Waals surface area contributed by atoms with Gasteiger partial charge in [-0.25, -0.2) is 4.98 Å². The number of anilines is 1. The Bertz CT molecular complexity index is 479. The molecule has 4 nitrogen and oxygen atoms in total. The Morgan fingerprint density at radius 3 is 2.64 bits per heavy atom. The third-order valence-corrected chi connectivity index (χ3v) is 2.12. The van der Waals surface area contributed by atoms with E-state index in [1.165, 1.54) is 5.56 Å². The van der Waals surface area contributed by atoms with E-state index >= 15 is 0 Å². The van der Waals surface area contributed by atoms with Gasteiger partial charge in [0.15, 0.2) is 0 Å². The first-order valence-corrected chi connectivity index (χ1v) is 4.50. The van der Waals surface area contributed by atoms with Crippen molar-refractivity contribution in [3.8, 4) is 0 Å². The molecule has 1 heterocycles. The van der Waals surface area contributed by atoms with Crippen LogP contribution < -0.4 is 5.32 Å². The molecule has 0 spiro atoms. The van der Waals surface area contributed by atoms with Gasteiger partial charge in [0.1, 0.15) is 5.52 Å². The zero-order valence-corrected chi connectivity index (χ0v) is 8.50. The Morgan fingerprint density at radius 2 is 1.93 bits per heavy atom. The summed E-state index contributed by atoms with van der Waals surface area (Å²) in [7, 11) is 1.78. The summed E-state index contributed by atoms with van der Waals surface area (Å²) in [4.78, 5) is 4.35. The Morgan fingerprint density at radius 1 is 1.14 bits per heavy atom. The van der Waals surface area contributed by atoms with Crippen LogP contribution in [-0.4, -0.2) is 22.2 Å². The highest BCUT2D eigenvalue weighted by Gasteiger charge is 2.03. The van der Waals surface area contributed by atoms with E-state index in [0.29, 0.717) is 5.95 Å². The van der Waals surface area contributed by atoms with Crippen molar-refractivity contribution in [1.82, 2.24) is 15.2 Å². The van der Waals surface area contributed by atoms with Gasteiger partial charge >= 0.3 is 0 Å². The maximum absolute atomic E-state index is 4.35. The average molecular weight is 188 g/mol. The first kappa shape index (κ1) is 8.87. The van der Waals surface area contributed by atoms with E-state index in [1.54, 1.807) is 7.05 Å². The van der Waals surface area contributed by atoms with E-state index in [2.05, 4.69) is 26.6 Å². The molecule has 2 aromatic rings. The molecule has 0 bridgehead atoms. The zero-order chi connectivity index (χ0) is 10.1. The Hall–Kier alpha value is -1.71. The number of fused-ring (bicyclic) bond motifs is 1. The maximum atomic E-state index is 4.35. The van der Waals surface area contributed by atoms with Crippen LogP contribution in [0, 0.1) is 13.8 Å². The Kier molecular flexibility index (Phi) is 2.04. The number of aromatic nitrogens is 3. The van der Waals surface area contributed by atoms with Crippen LogP contribution in [0.1, 0.15) is 11.1 Å². The molecule has 0 unspecified atom stereocenters. The summed E-state index contributed by atoms with van der Waals surface area (Å²) in [5, 5.41) is 10.9. The zero-order valence-electron chi connectivity index (χ0n) is 8.50. The molecule has 4 heteroatoms. The van der Waals surface area contributed by atoms with Crippen molar-refractivity contribution in [3.63, 3.8) is 0 Å². The number of nitrogens with one attached hydrogen (secondary N) is 1. The predicted molar refractivity (Wildman–Crippen MR) is 56.4 cm³/mol. The lowest BCUT2D eigenvalue weighted by atomic mass is 10.1. The highest BCUT2D eigenvalue weighted by Crippen LogP contribution is 2.16. The van der Waals surface area contributed by atoms with Gasteiger partial charge in [0, 0.05) is 7.05 Å². The third kappa shape index (κ3) is 1.39. The minimum Gasteiger partial charge on any atom is -0.356 e. The van der Waals surface area contributed by atoms with E-state index in [-0.39, 0.29) is 0 Å². The molecule has 1 aromatic carbocycles. The van der Waals surface area contributed by atoms with Crippen molar-refractivity contribution >= 4 is 17.0 Å². The van der Waals surface area contributed by atoms with Gasteiger partial charge in [0.2, 0.25) is 5.95 Å². The SMILES string of the molecule is CNc1nnc2cc(C)cc(C)c2n1. The first-order valence-electron chi connectivity index (χ1n) is 4.50. The van der Waals surface area contributed by atoms with Gasteiger partial charge in [-0.3, -0.25) is 0 Å². The summed E-state index contributed by atoms with van der Waals surface area (Å²) in [5.74, 6) is 0.560. The summed E-state index contributed by atoms with van der Waals surface area (Å²) in [6.07, 6.45) is 0. The molecule has 1 aromatic heterocycles. The summed E-state index contributed by atoms with van der Waals surface area (Å²) in [5.41, 5.74) is 4.08. The highest BCUT2D eigenvalue weighted by atomic mass is 15.2. The molecule has 0 saturated heterocycles. The van der Waals surface area contributed by atoms with Crippen LogP contribution in [0.25, 0.3) is 11.0 Å². The van der Waals surface area contributed by atoms with Crippen molar-refractivity contribution in [2.24, 2.45) is 0 Å². The van der Waals surface area contributed by atoms with E-state index in [1.807, 2.05) is 19.9 Å². The van der Waals surface area contributed by atoms with Crippen molar-refractivity contribution < 1.29 is 0 Å². The molecule has 0 atom stereocenters. The van der Waals surface area contributed by atoms with Crippen LogP contribution in [0.3, 0.4) is 0 Å². The maximum Gasteiger partial charge on any atom is 0.243 e. The second-order valence-corrected chi connectivity index (χ2v) is 3.33. The second-order valence-electron chi connectivity index (χ2n) is 3.33. The fourth-order valence-electron chi connectivity index (χ4n) is 1.49. The summed E-state index contributed by atoms with van der Waals surface area (Å²) in [6, 6.07) is 4.08. The molecule has 0 saturated carbocycles. The Balaban J connectivity index is 2.75. The standard InChI is InChI=1S/C10H12N4/c1-6-4-7(2)9-8(5-6)13-14-10(11-3)12-9/h4-5H,1-3H3,(H,11,12,14). The smallest absolute Gasteiger partial charge is 0.243 e. The lowest BCUT2D eigenvalue weighted by molar-refractivity contribution is 1.02. The van der Waals surface area contributed by atoms with Crippen LogP contribution in [0.4, 0.5) is 5.95 Å². The molecule has 14 heavy (non-hydrogen) atoms. The van der Waals surface area contributed by atoms with Gasteiger partial charge < -0.3 is 5.32 Å². The lowest BCUT2D eigenvalue weighted by Gasteiger charge is -2.03. The fraction of sp³-hybridized carbons (Fsp3) is 0.300. The molecular formula is C10H12N4. The van der Waals surface area contributed by atoms with Crippen LogP contribution in [0.15, 0.2) is 12.1 Å². The lowest BCUT2D eigenvalue weighted by Crippen LogP contribution is -1.99. The molecule has 72 valence electrons. The first-order chi connectivity index (χ1) is 6.70. The monoisotopic (exact) mass is 188 g/mol. The average Bonchev–Trinajstić information content (AvgIpc) is 2.17. The van der Waals surface area contributed by atoms with Gasteiger partial charge in [-0.1, -0.05) is 6.07 Å². The minimum absolute atomic E-state index is 0.560. The normalized spacial score (nSPS) is 10.5. The minimum atomic E-state index is 0.560. The van der Waals surface area contributed by atoms with Gasteiger partial charge in [-0.15, -0.1) is 10.2 Å². The Labute approximate surface area is 82.4 Å². The molecule has 0 fully saturated rings. The molecule has 2 rings (SSSR count). The van der Waals surface area contributed by atoms with Gasteiger partial charge in [-0.2, -0.15) is 0 Å². The predicted octanol–water partition coefficient (Wildman–Crippen LogP) is 1.68. The molecule has 0 amide bonds. The van der Waals surface area contributed by atoms with E-state index in [9.17, 15) is 0 Å². The fourth-order valence-corrected chi connectivity index (χ4v) is 1.49. The van der Waals surface area contributed by atoms with Gasteiger partial charge in [0.25, 0.3) is 0 Å². The quantitative estimate of drug-likeness (QED) is 0.739. The highest BCUT2D eigenvalue weighted by molar-refractivity contribution is 5.78. The molecule has 0 aliphatic heterocycles. The topological polar surface area (TPSA) is 50.7 Å². The molecule has 0 aliphatic carbocycles. The number of aryl methyl sites for hydroxylation is 2. The molecule has 1 N–H and O–H groups in total. The van der Waals surface area contributed by atoms with Gasteiger partial charge in [-0.05, 0) is 31.0 Å². The summed E-state index contributed by atoms with van der Waals surface area (Å²) in [6.45, 7) is 4.07. The number of hydrogen-bond acceptors (Lipinski definition) is 4. The van der Waals surface area contributed by atoms with E-state index in [4.69, 9.17) is 0 Å². The second kappa shape index (κ2) is 3.21. The van der Waals surface area contributed by atoms with Crippen molar-refractivity contribution in [3.05, 3.63) is 23.3 Å². The van der Waals surface area contributed by atoms with Crippen molar-refractivity contribution in [2.75, 3.05) is 12.4 Å². The molecular weight excluding hydrogens is 176 g/mol. The van der Waals surface area contributed by atoms with Gasteiger partial charge in [0.05, 0.1) is 5.52 Å². The van der Waals surface area contributed by atoms with Crippen LogP contribution in [0.2, 0.25) is 0 Å².